The van der Waals surface area contributed by atoms with Crippen LogP contribution < -0.4 is 15.8 Å². The number of nitrogens with two attached hydrogens (primary N) is 1. The number of rotatable bonds is 6. The van der Waals surface area contributed by atoms with Crippen molar-refractivity contribution in [3.8, 4) is 5.75 Å². The number of benzene rings is 2. The van der Waals surface area contributed by atoms with Crippen LogP contribution in [0, 0.1) is 6.92 Å². The van der Waals surface area contributed by atoms with Crippen LogP contribution in [0.15, 0.2) is 42.5 Å². The van der Waals surface area contributed by atoms with E-state index < -0.39 is 0 Å². The zero-order chi connectivity index (χ0) is 15.2. The Labute approximate surface area is 125 Å². The summed E-state index contributed by atoms with van der Waals surface area (Å²) in [6.07, 6.45) is 0.730. The molecule has 0 heterocycles. The third-order valence-electron chi connectivity index (χ3n) is 3.44. The summed E-state index contributed by atoms with van der Waals surface area (Å²) in [6.45, 7) is 2.09. The van der Waals surface area contributed by atoms with E-state index in [-0.39, 0.29) is 12.6 Å². The van der Waals surface area contributed by atoms with Crippen LogP contribution in [0.5, 0.6) is 5.75 Å². The van der Waals surface area contributed by atoms with Crippen molar-refractivity contribution < 1.29 is 9.84 Å². The monoisotopic (exact) mass is 286 g/mol. The molecule has 0 saturated heterocycles. The molecule has 1 atom stereocenters. The Morgan fingerprint density at radius 2 is 1.90 bits per heavy atom. The van der Waals surface area contributed by atoms with E-state index in [1.54, 1.807) is 13.2 Å². The normalized spacial score (nSPS) is 12.0. The maximum atomic E-state index is 9.59. The van der Waals surface area contributed by atoms with Crippen molar-refractivity contribution in [2.45, 2.75) is 19.4 Å². The van der Waals surface area contributed by atoms with Gasteiger partial charge in [-0.05, 0) is 31.0 Å². The number of methoxy groups -OCH3 is 1. The first kappa shape index (κ1) is 15.2. The first-order valence-electron chi connectivity index (χ1n) is 6.99. The fourth-order valence-electron chi connectivity index (χ4n) is 2.18. The number of nitrogens with one attached hydrogen (secondary N) is 1. The first-order valence-corrected chi connectivity index (χ1v) is 6.99. The van der Waals surface area contributed by atoms with Gasteiger partial charge >= 0.3 is 0 Å². The van der Waals surface area contributed by atoms with Crippen molar-refractivity contribution in [3.05, 3.63) is 53.6 Å². The zero-order valence-corrected chi connectivity index (χ0v) is 12.5. The van der Waals surface area contributed by atoms with Crippen molar-refractivity contribution in [1.82, 2.24) is 0 Å². The highest BCUT2D eigenvalue weighted by molar-refractivity contribution is 5.68. The smallest absolute Gasteiger partial charge is 0.121 e. The van der Waals surface area contributed by atoms with Gasteiger partial charge in [-0.15, -0.1) is 0 Å². The number of nitrogen functional groups attached to an aromatic ring is 1. The molecule has 0 radical (unpaired) electrons. The predicted molar refractivity (Wildman–Crippen MR) is 86.8 cm³/mol. The highest BCUT2D eigenvalue weighted by Gasteiger charge is 2.11. The topological polar surface area (TPSA) is 67.5 Å². The largest absolute Gasteiger partial charge is 0.497 e. The Morgan fingerprint density at radius 3 is 2.52 bits per heavy atom. The van der Waals surface area contributed by atoms with Gasteiger partial charge in [0.05, 0.1) is 31.1 Å². The van der Waals surface area contributed by atoms with Gasteiger partial charge in [0.2, 0.25) is 0 Å². The molecule has 112 valence electrons. The average Bonchev–Trinajstić information content (AvgIpc) is 2.50. The number of anilines is 2. The molecule has 0 aliphatic carbocycles. The molecule has 4 nitrogen and oxygen atoms in total. The highest BCUT2D eigenvalue weighted by Crippen LogP contribution is 2.25. The fraction of sp³-hybridized carbons (Fsp3) is 0.294. The van der Waals surface area contributed by atoms with Crippen molar-refractivity contribution in [2.75, 3.05) is 24.8 Å². The highest BCUT2D eigenvalue weighted by atomic mass is 16.5. The molecule has 0 aliphatic heterocycles. The summed E-state index contributed by atoms with van der Waals surface area (Å²) in [5.74, 6) is 0.735. The summed E-state index contributed by atoms with van der Waals surface area (Å²) < 4.78 is 5.20. The van der Waals surface area contributed by atoms with Crippen LogP contribution in [0.3, 0.4) is 0 Å². The lowest BCUT2D eigenvalue weighted by atomic mass is 10.0. The standard InChI is InChI=1S/C17H22N2O2/c1-12-3-5-13(6-4-12)9-14(11-20)19-17-10-15(21-2)7-8-16(17)18/h3-8,10,14,19-20H,9,11,18H2,1-2H3/t14-/m0/s1. The van der Waals surface area contributed by atoms with Crippen LogP contribution in [0.4, 0.5) is 11.4 Å². The summed E-state index contributed by atoms with van der Waals surface area (Å²) in [5, 5.41) is 12.9. The summed E-state index contributed by atoms with van der Waals surface area (Å²) in [7, 11) is 1.62. The number of hydrogen-bond donors (Lipinski definition) is 3. The molecule has 0 amide bonds. The number of aliphatic hydroxyl groups excluding tert-OH is 1. The Hall–Kier alpha value is -2.20. The summed E-state index contributed by atoms with van der Waals surface area (Å²) >= 11 is 0. The molecule has 0 bridgehead atoms. The van der Waals surface area contributed by atoms with E-state index in [4.69, 9.17) is 10.5 Å². The Kier molecular flexibility index (Phi) is 5.06. The molecule has 0 aliphatic rings. The van der Waals surface area contributed by atoms with Gasteiger partial charge in [-0.3, -0.25) is 0 Å². The molecule has 0 aromatic heterocycles. The van der Waals surface area contributed by atoms with Gasteiger partial charge in [0.1, 0.15) is 5.75 Å². The second-order valence-electron chi connectivity index (χ2n) is 5.17. The van der Waals surface area contributed by atoms with E-state index in [9.17, 15) is 5.11 Å². The van der Waals surface area contributed by atoms with Crippen LogP contribution in [0.2, 0.25) is 0 Å². The second kappa shape index (κ2) is 6.99. The van der Waals surface area contributed by atoms with Gasteiger partial charge in [-0.1, -0.05) is 29.8 Å². The molecule has 4 N–H and O–H groups in total. The Morgan fingerprint density at radius 1 is 1.19 bits per heavy atom. The number of ether oxygens (including phenoxy) is 1. The Bertz CT molecular complexity index is 582. The number of hydrogen-bond acceptors (Lipinski definition) is 4. The van der Waals surface area contributed by atoms with Crippen molar-refractivity contribution in [3.63, 3.8) is 0 Å². The van der Waals surface area contributed by atoms with Crippen LogP contribution in [0.1, 0.15) is 11.1 Å². The average molecular weight is 286 g/mol. The van der Waals surface area contributed by atoms with Gasteiger partial charge in [-0.25, -0.2) is 0 Å². The molecule has 0 fully saturated rings. The van der Waals surface area contributed by atoms with Crippen LogP contribution in [0.25, 0.3) is 0 Å². The second-order valence-corrected chi connectivity index (χ2v) is 5.17. The molecule has 2 aromatic carbocycles. The lowest BCUT2D eigenvalue weighted by molar-refractivity contribution is 0.273. The van der Waals surface area contributed by atoms with E-state index in [1.165, 1.54) is 11.1 Å². The van der Waals surface area contributed by atoms with E-state index in [2.05, 4.69) is 36.5 Å². The summed E-state index contributed by atoms with van der Waals surface area (Å²) in [6, 6.07) is 13.7. The molecule has 0 unspecified atom stereocenters. The minimum atomic E-state index is -0.0953. The number of aliphatic hydroxyl groups is 1. The third kappa shape index (κ3) is 4.13. The molecular formula is C17H22N2O2. The zero-order valence-electron chi connectivity index (χ0n) is 12.5. The number of aryl methyl sites for hydroxylation is 1. The minimum absolute atomic E-state index is 0.0323. The maximum Gasteiger partial charge on any atom is 0.121 e. The van der Waals surface area contributed by atoms with Gasteiger partial charge in [0.15, 0.2) is 0 Å². The van der Waals surface area contributed by atoms with Crippen molar-refractivity contribution in [2.24, 2.45) is 0 Å². The molecule has 2 aromatic rings. The molecule has 21 heavy (non-hydrogen) atoms. The quantitative estimate of drug-likeness (QED) is 0.714. The lowest BCUT2D eigenvalue weighted by Crippen LogP contribution is -2.26. The maximum absolute atomic E-state index is 9.59. The molecular weight excluding hydrogens is 264 g/mol. The summed E-state index contributed by atoms with van der Waals surface area (Å²) in [5.41, 5.74) is 9.78. The van der Waals surface area contributed by atoms with E-state index in [0.717, 1.165) is 17.9 Å². The molecule has 4 heteroatoms. The lowest BCUT2D eigenvalue weighted by Gasteiger charge is -2.19. The molecule has 2 rings (SSSR count). The van der Waals surface area contributed by atoms with Crippen LogP contribution in [-0.4, -0.2) is 24.9 Å². The predicted octanol–water partition coefficient (Wildman–Crippen LogP) is 2.60. The molecule has 0 spiro atoms. The van der Waals surface area contributed by atoms with E-state index in [1.807, 2.05) is 12.1 Å². The van der Waals surface area contributed by atoms with Crippen molar-refractivity contribution in [1.29, 1.82) is 0 Å². The van der Waals surface area contributed by atoms with E-state index >= 15 is 0 Å². The Balaban J connectivity index is 2.10. The van der Waals surface area contributed by atoms with Gasteiger partial charge in [-0.2, -0.15) is 0 Å². The fourth-order valence-corrected chi connectivity index (χ4v) is 2.18. The van der Waals surface area contributed by atoms with Crippen LogP contribution in [-0.2, 0) is 6.42 Å². The van der Waals surface area contributed by atoms with Crippen molar-refractivity contribution >= 4 is 11.4 Å². The van der Waals surface area contributed by atoms with Gasteiger partial charge < -0.3 is 20.9 Å². The SMILES string of the molecule is COc1ccc(N)c(N[C@H](CO)Cc2ccc(C)cc2)c1. The van der Waals surface area contributed by atoms with Crippen LogP contribution >= 0.6 is 0 Å². The minimum Gasteiger partial charge on any atom is -0.497 e. The summed E-state index contributed by atoms with van der Waals surface area (Å²) in [4.78, 5) is 0. The third-order valence-corrected chi connectivity index (χ3v) is 3.44. The molecule has 0 saturated carbocycles. The first-order chi connectivity index (χ1) is 10.1. The van der Waals surface area contributed by atoms with E-state index in [0.29, 0.717) is 5.69 Å². The van der Waals surface area contributed by atoms with Gasteiger partial charge in [0, 0.05) is 6.07 Å². The van der Waals surface area contributed by atoms with Gasteiger partial charge in [0.25, 0.3) is 0 Å².